The number of unbranched alkanes of at least 4 members (excludes halogenated alkanes) is 1. The van der Waals surface area contributed by atoms with Crippen molar-refractivity contribution in [2.75, 3.05) is 0 Å². The van der Waals surface area contributed by atoms with E-state index in [2.05, 4.69) is 30.4 Å². The quantitative estimate of drug-likeness (QED) is 0.257. The van der Waals surface area contributed by atoms with Gasteiger partial charge >= 0.3 is 0 Å². The normalized spacial score (nSPS) is 27.1. The first-order valence-electron chi connectivity index (χ1n) is 12.0. The van der Waals surface area contributed by atoms with Crippen LogP contribution in [-0.4, -0.2) is 0 Å². The monoisotopic (exact) mass is 400 g/mol. The van der Waals surface area contributed by atoms with Crippen molar-refractivity contribution < 1.29 is 0 Å². The van der Waals surface area contributed by atoms with Crippen molar-refractivity contribution >= 4 is 0 Å². The van der Waals surface area contributed by atoms with Crippen LogP contribution in [0.3, 0.4) is 0 Å². The average Bonchev–Trinajstić information content (AvgIpc) is 2.81. The predicted molar refractivity (Wildman–Crippen MR) is 124 cm³/mol. The van der Waals surface area contributed by atoms with Gasteiger partial charge in [-0.25, -0.2) is 0 Å². The highest BCUT2D eigenvalue weighted by molar-refractivity contribution is 5.31. The van der Waals surface area contributed by atoms with E-state index in [9.17, 15) is 0 Å². The number of allylic oxidation sites excluding steroid dienone is 4. The molecule has 0 heterocycles. The SMILES string of the molecule is N#CC=CC=CC1CCC(C2CCC(CCCCc3ccc(C#N)cc3)CC2)CC1. The first kappa shape index (κ1) is 22.4. The molecule has 2 heteroatoms. The zero-order chi connectivity index (χ0) is 21.0. The van der Waals surface area contributed by atoms with Gasteiger partial charge in [-0.3, -0.25) is 0 Å². The van der Waals surface area contributed by atoms with Gasteiger partial charge in [0.1, 0.15) is 0 Å². The Balaban J connectivity index is 1.28. The van der Waals surface area contributed by atoms with Gasteiger partial charge in [0.05, 0.1) is 17.7 Å². The van der Waals surface area contributed by atoms with Crippen molar-refractivity contribution in [2.45, 2.75) is 77.0 Å². The summed E-state index contributed by atoms with van der Waals surface area (Å²) in [5.74, 6) is 3.61. The molecule has 2 aliphatic carbocycles. The summed E-state index contributed by atoms with van der Waals surface area (Å²) in [6, 6.07) is 12.3. The van der Waals surface area contributed by atoms with Gasteiger partial charge in [0.25, 0.3) is 0 Å². The van der Waals surface area contributed by atoms with Crippen LogP contribution in [0.2, 0.25) is 0 Å². The Hall–Kier alpha value is -2.32. The minimum atomic E-state index is 0.719. The highest BCUT2D eigenvalue weighted by Crippen LogP contribution is 2.42. The number of nitriles is 2. The third-order valence-electron chi connectivity index (χ3n) is 7.45. The highest BCUT2D eigenvalue weighted by atomic mass is 14.4. The highest BCUT2D eigenvalue weighted by Gasteiger charge is 2.30. The minimum Gasteiger partial charge on any atom is -0.193 e. The van der Waals surface area contributed by atoms with Crippen molar-refractivity contribution in [1.82, 2.24) is 0 Å². The van der Waals surface area contributed by atoms with Crippen LogP contribution in [0.4, 0.5) is 0 Å². The predicted octanol–water partition coefficient (Wildman–Crippen LogP) is 7.52. The van der Waals surface area contributed by atoms with Crippen molar-refractivity contribution in [3.05, 3.63) is 59.7 Å². The summed E-state index contributed by atoms with van der Waals surface area (Å²) in [6.07, 6.45) is 24.2. The van der Waals surface area contributed by atoms with Gasteiger partial charge in [0, 0.05) is 6.08 Å². The molecular weight excluding hydrogens is 364 g/mol. The number of benzene rings is 1. The fraction of sp³-hybridized carbons (Fsp3) is 0.571. The molecule has 2 nitrogen and oxygen atoms in total. The molecule has 0 radical (unpaired) electrons. The van der Waals surface area contributed by atoms with Gasteiger partial charge in [0.15, 0.2) is 0 Å². The van der Waals surface area contributed by atoms with Gasteiger partial charge < -0.3 is 0 Å². The second-order valence-corrected chi connectivity index (χ2v) is 9.38. The zero-order valence-electron chi connectivity index (χ0n) is 18.3. The van der Waals surface area contributed by atoms with Crippen LogP contribution >= 0.6 is 0 Å². The molecule has 0 aromatic heterocycles. The lowest BCUT2D eigenvalue weighted by atomic mass is 9.68. The van der Waals surface area contributed by atoms with Gasteiger partial charge in [-0.1, -0.05) is 56.0 Å². The van der Waals surface area contributed by atoms with E-state index in [0.717, 1.165) is 35.7 Å². The second-order valence-electron chi connectivity index (χ2n) is 9.38. The van der Waals surface area contributed by atoms with Gasteiger partial charge in [-0.2, -0.15) is 10.5 Å². The van der Waals surface area contributed by atoms with Gasteiger partial charge in [0.2, 0.25) is 0 Å². The molecule has 0 atom stereocenters. The first-order chi connectivity index (χ1) is 14.8. The van der Waals surface area contributed by atoms with Crippen LogP contribution in [0.1, 0.15) is 81.8 Å². The van der Waals surface area contributed by atoms with Crippen LogP contribution in [0.5, 0.6) is 0 Å². The third-order valence-corrected chi connectivity index (χ3v) is 7.45. The second kappa shape index (κ2) is 12.4. The topological polar surface area (TPSA) is 47.6 Å². The Kier molecular flexibility index (Phi) is 9.24. The average molecular weight is 401 g/mol. The number of hydrogen-bond donors (Lipinski definition) is 0. The number of hydrogen-bond acceptors (Lipinski definition) is 2. The number of aryl methyl sites for hydroxylation is 1. The van der Waals surface area contributed by atoms with Crippen molar-refractivity contribution in [3.8, 4) is 12.1 Å². The number of rotatable bonds is 8. The summed E-state index contributed by atoms with van der Waals surface area (Å²) >= 11 is 0. The summed E-state index contributed by atoms with van der Waals surface area (Å²) in [4.78, 5) is 0. The van der Waals surface area contributed by atoms with Crippen LogP contribution in [-0.2, 0) is 6.42 Å². The maximum Gasteiger partial charge on any atom is 0.0991 e. The molecule has 2 aliphatic rings. The molecule has 30 heavy (non-hydrogen) atoms. The summed E-state index contributed by atoms with van der Waals surface area (Å²) in [5, 5.41) is 17.4. The largest absolute Gasteiger partial charge is 0.193 e. The van der Waals surface area contributed by atoms with E-state index in [1.165, 1.54) is 76.2 Å². The Bertz CT molecular complexity index is 758. The Labute approximate surface area is 183 Å². The maximum absolute atomic E-state index is 8.88. The lowest BCUT2D eigenvalue weighted by molar-refractivity contribution is 0.151. The lowest BCUT2D eigenvalue weighted by Gasteiger charge is -2.37. The molecule has 1 aromatic rings. The molecule has 2 fully saturated rings. The zero-order valence-corrected chi connectivity index (χ0v) is 18.3. The molecular formula is C28H36N2. The van der Waals surface area contributed by atoms with E-state index in [-0.39, 0.29) is 0 Å². The van der Waals surface area contributed by atoms with E-state index in [1.807, 2.05) is 24.3 Å². The van der Waals surface area contributed by atoms with Crippen LogP contribution < -0.4 is 0 Å². The molecule has 0 spiro atoms. The lowest BCUT2D eigenvalue weighted by Crippen LogP contribution is -2.25. The summed E-state index contributed by atoms with van der Waals surface area (Å²) in [5.41, 5.74) is 2.12. The van der Waals surface area contributed by atoms with E-state index < -0.39 is 0 Å². The molecule has 0 bridgehead atoms. The van der Waals surface area contributed by atoms with Crippen LogP contribution in [0.15, 0.2) is 48.6 Å². The molecule has 0 aliphatic heterocycles. The van der Waals surface area contributed by atoms with E-state index in [1.54, 1.807) is 6.08 Å². The standard InChI is InChI=1S/C28H36N2/c29-21-5-1-2-6-24-13-17-27(18-14-24)28-19-15-25(16-20-28)8-4-3-7-23-9-11-26(22-30)12-10-23/h1-2,5-6,9-12,24-25,27-28H,3-4,7-8,13-20H2. The fourth-order valence-electron chi connectivity index (χ4n) is 5.59. The Morgan fingerprint density at radius 1 is 0.800 bits per heavy atom. The van der Waals surface area contributed by atoms with Crippen molar-refractivity contribution in [1.29, 1.82) is 10.5 Å². The first-order valence-corrected chi connectivity index (χ1v) is 12.0. The molecule has 0 saturated heterocycles. The van der Waals surface area contributed by atoms with Crippen LogP contribution in [0, 0.1) is 46.3 Å². The summed E-state index contributed by atoms with van der Waals surface area (Å²) in [7, 11) is 0. The number of nitrogens with zero attached hydrogens (tertiary/aromatic N) is 2. The molecule has 2 saturated carbocycles. The molecule has 0 amide bonds. The minimum absolute atomic E-state index is 0.719. The van der Waals surface area contributed by atoms with Gasteiger partial charge in [-0.15, -0.1) is 0 Å². The smallest absolute Gasteiger partial charge is 0.0991 e. The molecule has 1 aromatic carbocycles. The Morgan fingerprint density at radius 2 is 1.47 bits per heavy atom. The maximum atomic E-state index is 8.88. The third kappa shape index (κ3) is 7.18. The van der Waals surface area contributed by atoms with Crippen molar-refractivity contribution in [3.63, 3.8) is 0 Å². The summed E-state index contributed by atoms with van der Waals surface area (Å²) < 4.78 is 0. The molecule has 158 valence electrons. The van der Waals surface area contributed by atoms with E-state index >= 15 is 0 Å². The molecule has 0 N–H and O–H groups in total. The van der Waals surface area contributed by atoms with Gasteiger partial charge in [-0.05, 0) is 92.7 Å². The van der Waals surface area contributed by atoms with Crippen LogP contribution in [0.25, 0.3) is 0 Å². The Morgan fingerprint density at radius 3 is 2.10 bits per heavy atom. The summed E-state index contributed by atoms with van der Waals surface area (Å²) in [6.45, 7) is 0. The molecule has 3 rings (SSSR count). The molecule has 0 unspecified atom stereocenters. The fourth-order valence-corrected chi connectivity index (χ4v) is 5.59. The van der Waals surface area contributed by atoms with E-state index in [4.69, 9.17) is 10.5 Å². The van der Waals surface area contributed by atoms with Crippen molar-refractivity contribution in [2.24, 2.45) is 23.7 Å². The van der Waals surface area contributed by atoms with E-state index in [0.29, 0.717) is 0 Å².